The van der Waals surface area contributed by atoms with Crippen LogP contribution >= 0.6 is 0 Å². The van der Waals surface area contributed by atoms with Gasteiger partial charge in [-0.1, -0.05) is 33.6 Å². The number of carbonyl (C=O) groups is 2. The highest BCUT2D eigenvalue weighted by Gasteiger charge is 1.99. The zero-order valence-electron chi connectivity index (χ0n) is 10.5. The van der Waals surface area contributed by atoms with Gasteiger partial charge in [-0.2, -0.15) is 0 Å². The van der Waals surface area contributed by atoms with Gasteiger partial charge in [-0.25, -0.2) is 0 Å². The van der Waals surface area contributed by atoms with Crippen LogP contribution in [0.25, 0.3) is 0 Å². The summed E-state index contributed by atoms with van der Waals surface area (Å²) in [4.78, 5) is 19.8. The summed E-state index contributed by atoms with van der Waals surface area (Å²) in [5.74, 6) is -0.805. The van der Waals surface area contributed by atoms with E-state index in [0.717, 1.165) is 5.92 Å². The van der Waals surface area contributed by atoms with Gasteiger partial charge in [-0.3, -0.25) is 9.59 Å². The van der Waals surface area contributed by atoms with E-state index in [1.54, 1.807) is 0 Å². The molecule has 0 spiro atoms. The molecule has 4 nitrogen and oxygen atoms in total. The van der Waals surface area contributed by atoms with Crippen LogP contribution in [0, 0.1) is 5.92 Å². The zero-order valence-corrected chi connectivity index (χ0v) is 10.5. The summed E-state index contributed by atoms with van der Waals surface area (Å²) in [6.07, 6.45) is 3.68. The molecule has 0 aliphatic carbocycles. The van der Waals surface area contributed by atoms with Crippen molar-refractivity contribution in [3.8, 4) is 0 Å². The molecule has 0 bridgehead atoms. The van der Waals surface area contributed by atoms with E-state index < -0.39 is 11.9 Å². The minimum atomic E-state index is -0.870. The first-order valence-electron chi connectivity index (χ1n) is 5.87. The molecule has 0 radical (unpaired) electrons. The number of unbranched alkanes of at least 4 members (excludes halogenated alkanes) is 1. The Balaban J connectivity index is 0. The maximum Gasteiger partial charge on any atom is 0.303 e. The van der Waals surface area contributed by atoms with Gasteiger partial charge in [0.1, 0.15) is 0 Å². The Labute approximate surface area is 97.7 Å². The normalized spacial score (nSPS) is 9.50. The van der Waals surface area contributed by atoms with Gasteiger partial charge in [0, 0.05) is 12.8 Å². The van der Waals surface area contributed by atoms with Gasteiger partial charge in [0.2, 0.25) is 0 Å². The van der Waals surface area contributed by atoms with Crippen LogP contribution in [0.4, 0.5) is 0 Å². The lowest BCUT2D eigenvalue weighted by atomic mass is 10.1. The number of carboxylic acids is 2. The molecule has 4 heteroatoms. The minimum Gasteiger partial charge on any atom is -0.481 e. The highest BCUT2D eigenvalue weighted by molar-refractivity contribution is 5.67. The second-order valence-electron chi connectivity index (χ2n) is 3.92. The molecule has 0 aromatic carbocycles. The lowest BCUT2D eigenvalue weighted by Gasteiger charge is -1.98. The van der Waals surface area contributed by atoms with Crippen molar-refractivity contribution >= 4 is 11.9 Å². The fraction of sp³-hybridized carbons (Fsp3) is 0.833. The van der Waals surface area contributed by atoms with Crippen molar-refractivity contribution in [2.75, 3.05) is 0 Å². The highest BCUT2D eigenvalue weighted by Crippen LogP contribution is 2.02. The van der Waals surface area contributed by atoms with Gasteiger partial charge < -0.3 is 10.2 Å². The number of hydrogen-bond donors (Lipinski definition) is 2. The standard InChI is InChI=1S/C6H10O4.C6H14/c7-5(8)3-1-2-4-6(9)10;1-4-6(3)5-2/h1-4H2,(H,7,8)(H,9,10);6H,4-5H2,1-3H3. The summed E-state index contributed by atoms with van der Waals surface area (Å²) in [5, 5.41) is 16.3. The molecular weight excluding hydrogens is 208 g/mol. The van der Waals surface area contributed by atoms with E-state index >= 15 is 0 Å². The van der Waals surface area contributed by atoms with Crippen LogP contribution in [-0.2, 0) is 9.59 Å². The quantitative estimate of drug-likeness (QED) is 0.661. The number of aliphatic carboxylic acids is 2. The summed E-state index contributed by atoms with van der Waals surface area (Å²) in [5.41, 5.74) is 0. The zero-order chi connectivity index (χ0) is 13.0. The van der Waals surface area contributed by atoms with Crippen molar-refractivity contribution < 1.29 is 19.8 Å². The van der Waals surface area contributed by atoms with Crippen LogP contribution in [0.3, 0.4) is 0 Å². The van der Waals surface area contributed by atoms with Crippen molar-refractivity contribution in [1.29, 1.82) is 0 Å². The SMILES string of the molecule is CCC(C)CC.O=C(O)CCCCC(=O)O. The molecule has 0 aromatic rings. The fourth-order valence-electron chi connectivity index (χ4n) is 0.841. The van der Waals surface area contributed by atoms with Crippen molar-refractivity contribution in [2.24, 2.45) is 5.92 Å². The second kappa shape index (κ2) is 12.0. The van der Waals surface area contributed by atoms with Crippen molar-refractivity contribution in [2.45, 2.75) is 59.3 Å². The topological polar surface area (TPSA) is 74.6 Å². The molecule has 0 heterocycles. The lowest BCUT2D eigenvalue weighted by molar-refractivity contribution is -0.139. The monoisotopic (exact) mass is 232 g/mol. The number of carboxylic acid groups (broad SMARTS) is 2. The molecule has 0 saturated carbocycles. The van der Waals surface area contributed by atoms with Gasteiger partial charge in [0.25, 0.3) is 0 Å². The first-order chi connectivity index (χ1) is 7.43. The molecule has 0 aliphatic rings. The molecule has 96 valence electrons. The maximum atomic E-state index is 9.90. The largest absolute Gasteiger partial charge is 0.481 e. The van der Waals surface area contributed by atoms with E-state index in [2.05, 4.69) is 20.8 Å². The molecule has 0 aromatic heterocycles. The average molecular weight is 232 g/mol. The van der Waals surface area contributed by atoms with E-state index in [4.69, 9.17) is 10.2 Å². The molecule has 0 amide bonds. The number of rotatable bonds is 7. The molecule has 2 N–H and O–H groups in total. The average Bonchev–Trinajstić information content (AvgIpc) is 2.23. The number of hydrogen-bond acceptors (Lipinski definition) is 2. The van der Waals surface area contributed by atoms with E-state index in [9.17, 15) is 9.59 Å². The summed E-state index contributed by atoms with van der Waals surface area (Å²) in [7, 11) is 0. The van der Waals surface area contributed by atoms with Crippen LogP contribution in [0.1, 0.15) is 59.3 Å². The van der Waals surface area contributed by atoms with Gasteiger partial charge in [0.15, 0.2) is 0 Å². The third-order valence-electron chi connectivity index (χ3n) is 2.43. The molecule has 0 aliphatic heterocycles. The van der Waals surface area contributed by atoms with E-state index in [0.29, 0.717) is 12.8 Å². The Morgan fingerprint density at radius 2 is 1.25 bits per heavy atom. The van der Waals surface area contributed by atoms with E-state index in [-0.39, 0.29) is 12.8 Å². The maximum absolute atomic E-state index is 9.90. The smallest absolute Gasteiger partial charge is 0.303 e. The lowest BCUT2D eigenvalue weighted by Crippen LogP contribution is -1.97. The Bertz CT molecular complexity index is 169. The van der Waals surface area contributed by atoms with Gasteiger partial charge >= 0.3 is 11.9 Å². The summed E-state index contributed by atoms with van der Waals surface area (Å²) in [6.45, 7) is 6.74. The van der Waals surface area contributed by atoms with E-state index in [1.807, 2.05) is 0 Å². The Morgan fingerprint density at radius 3 is 1.38 bits per heavy atom. The fourth-order valence-corrected chi connectivity index (χ4v) is 0.841. The van der Waals surface area contributed by atoms with Gasteiger partial charge in [0.05, 0.1) is 0 Å². The van der Waals surface area contributed by atoms with Crippen molar-refractivity contribution in [3.63, 3.8) is 0 Å². The minimum absolute atomic E-state index is 0.0628. The van der Waals surface area contributed by atoms with Crippen LogP contribution in [-0.4, -0.2) is 22.2 Å². The summed E-state index contributed by atoms with van der Waals surface area (Å²) >= 11 is 0. The Hall–Kier alpha value is -1.06. The first-order valence-corrected chi connectivity index (χ1v) is 5.87. The van der Waals surface area contributed by atoms with Crippen molar-refractivity contribution in [1.82, 2.24) is 0 Å². The van der Waals surface area contributed by atoms with Gasteiger partial charge in [-0.15, -0.1) is 0 Å². The molecule has 0 unspecified atom stereocenters. The van der Waals surface area contributed by atoms with E-state index in [1.165, 1.54) is 12.8 Å². The summed E-state index contributed by atoms with van der Waals surface area (Å²) in [6, 6.07) is 0. The third-order valence-corrected chi connectivity index (χ3v) is 2.43. The van der Waals surface area contributed by atoms with Crippen molar-refractivity contribution in [3.05, 3.63) is 0 Å². The Kier molecular flexibility index (Phi) is 13.0. The Morgan fingerprint density at radius 1 is 0.938 bits per heavy atom. The van der Waals surface area contributed by atoms with Crippen LogP contribution in [0.2, 0.25) is 0 Å². The van der Waals surface area contributed by atoms with Crippen LogP contribution in [0.15, 0.2) is 0 Å². The van der Waals surface area contributed by atoms with Gasteiger partial charge in [-0.05, 0) is 18.8 Å². The first kappa shape index (κ1) is 17.3. The van der Waals surface area contributed by atoms with Crippen LogP contribution < -0.4 is 0 Å². The third kappa shape index (κ3) is 18.7. The summed E-state index contributed by atoms with van der Waals surface area (Å²) < 4.78 is 0. The predicted octanol–water partition coefficient (Wildman–Crippen LogP) is 3.16. The molecule has 0 saturated heterocycles. The highest BCUT2D eigenvalue weighted by atomic mass is 16.4. The van der Waals surface area contributed by atoms with Crippen LogP contribution in [0.5, 0.6) is 0 Å². The molecule has 0 atom stereocenters. The molecular formula is C12H24O4. The molecule has 0 rings (SSSR count). The molecule has 16 heavy (non-hydrogen) atoms. The second-order valence-corrected chi connectivity index (χ2v) is 3.92. The predicted molar refractivity (Wildman–Crippen MR) is 63.5 cm³/mol. The molecule has 0 fully saturated rings.